The predicted molar refractivity (Wildman–Crippen MR) is 93.4 cm³/mol. The molecule has 24 heavy (non-hydrogen) atoms. The molecule has 3 rings (SSSR count). The van der Waals surface area contributed by atoms with Gasteiger partial charge in [-0.2, -0.15) is 0 Å². The quantitative estimate of drug-likeness (QED) is 0.776. The number of sulfonamides is 1. The van der Waals surface area contributed by atoms with Crippen molar-refractivity contribution in [3.05, 3.63) is 65.7 Å². The number of hydrogen-bond acceptors (Lipinski definition) is 4. The van der Waals surface area contributed by atoms with E-state index in [9.17, 15) is 8.42 Å². The van der Waals surface area contributed by atoms with Crippen LogP contribution in [0.15, 0.2) is 58.0 Å². The number of nitrogens with zero attached hydrogens (tertiary/aromatic N) is 1. The number of oxazole rings is 1. The first-order chi connectivity index (χ1) is 11.3. The van der Waals surface area contributed by atoms with Crippen molar-refractivity contribution in [1.82, 2.24) is 4.98 Å². The van der Waals surface area contributed by atoms with E-state index in [2.05, 4.69) is 9.71 Å². The Balaban J connectivity index is 2.01. The SMILES string of the molecule is Cc1cccc(NS(=O)(=O)c2cc(-c3cnc(C)o3)ccc2C)c1. The highest BCUT2D eigenvalue weighted by Crippen LogP contribution is 2.27. The molecule has 0 saturated carbocycles. The van der Waals surface area contributed by atoms with Gasteiger partial charge in [0.1, 0.15) is 0 Å². The topological polar surface area (TPSA) is 72.2 Å². The van der Waals surface area contributed by atoms with Crippen molar-refractivity contribution in [3.8, 4) is 11.3 Å². The number of aromatic nitrogens is 1. The van der Waals surface area contributed by atoms with Gasteiger partial charge in [-0.3, -0.25) is 4.72 Å². The van der Waals surface area contributed by atoms with Crippen molar-refractivity contribution in [1.29, 1.82) is 0 Å². The van der Waals surface area contributed by atoms with Crippen LogP contribution >= 0.6 is 0 Å². The number of rotatable bonds is 4. The Morgan fingerprint density at radius 2 is 1.83 bits per heavy atom. The number of hydrogen-bond donors (Lipinski definition) is 1. The molecule has 124 valence electrons. The summed E-state index contributed by atoms with van der Waals surface area (Å²) in [6.07, 6.45) is 1.59. The van der Waals surface area contributed by atoms with Crippen molar-refractivity contribution >= 4 is 15.7 Å². The van der Waals surface area contributed by atoms with E-state index in [4.69, 9.17) is 4.42 Å². The summed E-state index contributed by atoms with van der Waals surface area (Å²) in [6.45, 7) is 5.42. The average Bonchev–Trinajstić information content (AvgIpc) is 2.93. The van der Waals surface area contributed by atoms with Crippen LogP contribution in [0, 0.1) is 20.8 Å². The van der Waals surface area contributed by atoms with Gasteiger partial charge in [0, 0.05) is 18.2 Å². The van der Waals surface area contributed by atoms with Crippen molar-refractivity contribution in [2.45, 2.75) is 25.7 Å². The van der Waals surface area contributed by atoms with Crippen LogP contribution in [0.5, 0.6) is 0 Å². The van der Waals surface area contributed by atoms with Crippen LogP contribution < -0.4 is 4.72 Å². The van der Waals surface area contributed by atoms with E-state index >= 15 is 0 Å². The van der Waals surface area contributed by atoms with Gasteiger partial charge in [-0.25, -0.2) is 13.4 Å². The van der Waals surface area contributed by atoms with Gasteiger partial charge in [0.05, 0.1) is 11.1 Å². The van der Waals surface area contributed by atoms with Crippen LogP contribution in [0.4, 0.5) is 5.69 Å². The first kappa shape index (κ1) is 16.3. The second-order valence-electron chi connectivity index (χ2n) is 5.70. The van der Waals surface area contributed by atoms with E-state index in [0.29, 0.717) is 28.5 Å². The summed E-state index contributed by atoms with van der Waals surface area (Å²) in [7, 11) is -3.70. The number of aryl methyl sites for hydroxylation is 3. The molecule has 0 bridgehead atoms. The summed E-state index contributed by atoms with van der Waals surface area (Å²) in [5.41, 5.74) is 2.86. The largest absolute Gasteiger partial charge is 0.441 e. The Labute approximate surface area is 141 Å². The molecule has 0 amide bonds. The van der Waals surface area contributed by atoms with Gasteiger partial charge in [-0.1, -0.05) is 24.3 Å². The normalized spacial score (nSPS) is 11.5. The molecule has 0 fully saturated rings. The van der Waals surface area contributed by atoms with Gasteiger partial charge in [-0.15, -0.1) is 0 Å². The van der Waals surface area contributed by atoms with E-state index < -0.39 is 10.0 Å². The van der Waals surface area contributed by atoms with E-state index in [-0.39, 0.29) is 4.90 Å². The van der Waals surface area contributed by atoms with Gasteiger partial charge in [0.2, 0.25) is 0 Å². The Bertz CT molecular complexity index is 991. The van der Waals surface area contributed by atoms with Crippen molar-refractivity contribution in [2.24, 2.45) is 0 Å². The predicted octanol–water partition coefficient (Wildman–Crippen LogP) is 4.07. The summed E-state index contributed by atoms with van der Waals surface area (Å²) in [5.74, 6) is 1.08. The van der Waals surface area contributed by atoms with Crippen LogP contribution in [-0.4, -0.2) is 13.4 Å². The van der Waals surface area contributed by atoms with E-state index in [0.717, 1.165) is 5.56 Å². The summed E-state index contributed by atoms with van der Waals surface area (Å²) in [5, 5.41) is 0. The van der Waals surface area contributed by atoms with Crippen LogP contribution in [-0.2, 0) is 10.0 Å². The van der Waals surface area contributed by atoms with E-state index in [1.165, 1.54) is 0 Å². The molecule has 0 spiro atoms. The minimum Gasteiger partial charge on any atom is -0.441 e. The lowest BCUT2D eigenvalue weighted by Gasteiger charge is -2.12. The zero-order chi connectivity index (χ0) is 17.3. The smallest absolute Gasteiger partial charge is 0.262 e. The molecule has 5 nitrogen and oxygen atoms in total. The van der Waals surface area contributed by atoms with Gasteiger partial charge in [-0.05, 0) is 43.2 Å². The van der Waals surface area contributed by atoms with Gasteiger partial charge in [0.15, 0.2) is 11.7 Å². The Morgan fingerprint density at radius 1 is 1.04 bits per heavy atom. The molecule has 1 N–H and O–H groups in total. The maximum Gasteiger partial charge on any atom is 0.262 e. The van der Waals surface area contributed by atoms with Gasteiger partial charge in [0.25, 0.3) is 10.0 Å². The van der Waals surface area contributed by atoms with Crippen molar-refractivity contribution in [3.63, 3.8) is 0 Å². The summed E-state index contributed by atoms with van der Waals surface area (Å²) in [4.78, 5) is 4.27. The van der Waals surface area contributed by atoms with Crippen LogP contribution in [0.2, 0.25) is 0 Å². The molecule has 2 aromatic carbocycles. The highest BCUT2D eigenvalue weighted by Gasteiger charge is 2.19. The Morgan fingerprint density at radius 3 is 2.50 bits per heavy atom. The molecule has 0 aliphatic rings. The minimum atomic E-state index is -3.70. The summed E-state index contributed by atoms with van der Waals surface area (Å²) >= 11 is 0. The second kappa shape index (κ2) is 6.13. The fourth-order valence-electron chi connectivity index (χ4n) is 2.46. The molecule has 0 unspecified atom stereocenters. The number of benzene rings is 2. The van der Waals surface area contributed by atoms with Crippen LogP contribution in [0.3, 0.4) is 0 Å². The van der Waals surface area contributed by atoms with Crippen molar-refractivity contribution in [2.75, 3.05) is 4.72 Å². The highest BCUT2D eigenvalue weighted by molar-refractivity contribution is 7.92. The van der Waals surface area contributed by atoms with Crippen molar-refractivity contribution < 1.29 is 12.8 Å². The third-order valence-corrected chi connectivity index (χ3v) is 5.18. The third kappa shape index (κ3) is 3.33. The molecule has 3 aromatic rings. The fraction of sp³-hybridized carbons (Fsp3) is 0.167. The molecule has 1 aromatic heterocycles. The standard InChI is InChI=1S/C18H18N2O3S/c1-12-5-4-6-16(9-12)20-24(21,22)18-10-15(8-7-13(18)2)17-11-19-14(3)23-17/h4-11,20H,1-3H3. The minimum absolute atomic E-state index is 0.218. The lowest BCUT2D eigenvalue weighted by Crippen LogP contribution is -2.14. The number of anilines is 1. The lowest BCUT2D eigenvalue weighted by molar-refractivity contribution is 0.534. The fourth-order valence-corrected chi connectivity index (χ4v) is 3.78. The van der Waals surface area contributed by atoms with E-state index in [1.54, 1.807) is 44.3 Å². The first-order valence-corrected chi connectivity index (χ1v) is 8.96. The summed E-state index contributed by atoms with van der Waals surface area (Å²) in [6, 6.07) is 12.4. The van der Waals surface area contributed by atoms with Crippen LogP contribution in [0.25, 0.3) is 11.3 Å². The number of nitrogens with one attached hydrogen (secondary N) is 1. The Kier molecular flexibility index (Phi) is 4.15. The lowest BCUT2D eigenvalue weighted by atomic mass is 10.1. The molecule has 1 heterocycles. The molecular formula is C18H18N2O3S. The first-order valence-electron chi connectivity index (χ1n) is 7.48. The third-order valence-electron chi connectivity index (χ3n) is 3.65. The maximum absolute atomic E-state index is 12.8. The zero-order valence-corrected chi connectivity index (χ0v) is 14.5. The maximum atomic E-state index is 12.8. The van der Waals surface area contributed by atoms with E-state index in [1.807, 2.05) is 25.1 Å². The molecule has 0 saturated heterocycles. The highest BCUT2D eigenvalue weighted by atomic mass is 32.2. The molecule has 6 heteroatoms. The molecule has 0 aliphatic heterocycles. The average molecular weight is 342 g/mol. The summed E-state index contributed by atoms with van der Waals surface area (Å²) < 4.78 is 33.6. The molecular weight excluding hydrogens is 324 g/mol. The zero-order valence-electron chi connectivity index (χ0n) is 13.7. The van der Waals surface area contributed by atoms with Crippen LogP contribution in [0.1, 0.15) is 17.0 Å². The van der Waals surface area contributed by atoms with Gasteiger partial charge >= 0.3 is 0 Å². The second-order valence-corrected chi connectivity index (χ2v) is 7.35. The monoisotopic (exact) mass is 342 g/mol. The Hall–Kier alpha value is -2.60. The molecule has 0 radical (unpaired) electrons. The molecule has 0 aliphatic carbocycles. The molecule has 0 atom stereocenters. The van der Waals surface area contributed by atoms with Gasteiger partial charge < -0.3 is 4.42 Å².